The number of rotatable bonds is 5. The Morgan fingerprint density at radius 1 is 1.58 bits per heavy atom. The Hall–Kier alpha value is -2.24. The van der Waals surface area contributed by atoms with Crippen LogP contribution in [0.5, 0.6) is 5.75 Å². The molecule has 6 nitrogen and oxygen atoms in total. The van der Waals surface area contributed by atoms with Gasteiger partial charge >= 0.3 is 0 Å². The van der Waals surface area contributed by atoms with Crippen molar-refractivity contribution in [3.8, 4) is 5.75 Å². The van der Waals surface area contributed by atoms with Crippen molar-refractivity contribution >= 4 is 11.7 Å². The lowest BCUT2D eigenvalue weighted by Crippen LogP contribution is -2.36. The molecule has 0 radical (unpaired) electrons. The Bertz CT molecular complexity index is 474. The predicted octanol–water partition coefficient (Wildman–Crippen LogP) is 1.15. The number of carbonyl (C=O) groups is 1. The summed E-state index contributed by atoms with van der Waals surface area (Å²) in [5.74, 6) is 0.370. The monoisotopic (exact) mass is 265 g/mol. The number of amides is 1. The first-order valence-electron chi connectivity index (χ1n) is 5.86. The third-order valence-corrected chi connectivity index (χ3v) is 2.83. The molecular weight excluding hydrogens is 246 g/mol. The summed E-state index contributed by atoms with van der Waals surface area (Å²) in [5.41, 5.74) is 6.03. The first-order valence-corrected chi connectivity index (χ1v) is 5.86. The van der Waals surface area contributed by atoms with Gasteiger partial charge in [-0.1, -0.05) is 18.1 Å². The van der Waals surface area contributed by atoms with Crippen LogP contribution in [0.3, 0.4) is 0 Å². The van der Waals surface area contributed by atoms with Crippen molar-refractivity contribution in [1.82, 2.24) is 4.90 Å². The average Bonchev–Trinajstić information content (AvgIpc) is 2.45. The maximum atomic E-state index is 12.2. The molecule has 1 aromatic rings. The van der Waals surface area contributed by atoms with Crippen LogP contribution in [0, 0.1) is 5.92 Å². The third kappa shape index (κ3) is 3.87. The summed E-state index contributed by atoms with van der Waals surface area (Å²) < 4.78 is 5.08. The minimum atomic E-state index is -0.218. The Kier molecular flexibility index (Phi) is 5.17. The van der Waals surface area contributed by atoms with Crippen molar-refractivity contribution in [2.45, 2.75) is 6.92 Å². The van der Waals surface area contributed by atoms with Crippen LogP contribution in [-0.2, 0) is 0 Å². The van der Waals surface area contributed by atoms with E-state index in [-0.39, 0.29) is 17.7 Å². The van der Waals surface area contributed by atoms with Gasteiger partial charge < -0.3 is 20.6 Å². The molecule has 0 aliphatic carbocycles. The molecule has 0 aromatic heterocycles. The van der Waals surface area contributed by atoms with Crippen molar-refractivity contribution in [2.24, 2.45) is 16.8 Å². The lowest BCUT2D eigenvalue weighted by molar-refractivity contribution is 0.0785. The van der Waals surface area contributed by atoms with Crippen LogP contribution in [-0.4, -0.2) is 42.6 Å². The quantitative estimate of drug-likeness (QED) is 0.362. The van der Waals surface area contributed by atoms with E-state index in [2.05, 4.69) is 5.16 Å². The fourth-order valence-electron chi connectivity index (χ4n) is 1.66. The molecule has 0 aliphatic heterocycles. The van der Waals surface area contributed by atoms with Crippen LogP contribution < -0.4 is 10.5 Å². The van der Waals surface area contributed by atoms with E-state index in [0.29, 0.717) is 17.9 Å². The smallest absolute Gasteiger partial charge is 0.253 e. The minimum absolute atomic E-state index is 0.102. The largest absolute Gasteiger partial charge is 0.497 e. The molecule has 1 atom stereocenters. The van der Waals surface area contributed by atoms with Gasteiger partial charge in [0.05, 0.1) is 7.11 Å². The number of hydrogen-bond acceptors (Lipinski definition) is 4. The van der Waals surface area contributed by atoms with E-state index in [1.807, 2.05) is 0 Å². The van der Waals surface area contributed by atoms with Gasteiger partial charge in [-0.25, -0.2) is 0 Å². The Labute approximate surface area is 112 Å². The van der Waals surface area contributed by atoms with E-state index >= 15 is 0 Å². The minimum Gasteiger partial charge on any atom is -0.497 e. The van der Waals surface area contributed by atoms with Gasteiger partial charge in [-0.05, 0) is 18.2 Å². The third-order valence-electron chi connectivity index (χ3n) is 2.83. The van der Waals surface area contributed by atoms with E-state index in [0.717, 1.165) is 0 Å². The maximum absolute atomic E-state index is 12.2. The van der Waals surface area contributed by atoms with Crippen LogP contribution in [0.1, 0.15) is 17.3 Å². The van der Waals surface area contributed by atoms with Crippen molar-refractivity contribution < 1.29 is 14.7 Å². The number of oxime groups is 1. The molecule has 3 N–H and O–H groups in total. The topological polar surface area (TPSA) is 88.2 Å². The fourth-order valence-corrected chi connectivity index (χ4v) is 1.66. The van der Waals surface area contributed by atoms with Gasteiger partial charge in [0.15, 0.2) is 0 Å². The lowest BCUT2D eigenvalue weighted by atomic mass is 10.1. The molecule has 1 aromatic carbocycles. The van der Waals surface area contributed by atoms with Gasteiger partial charge in [0.1, 0.15) is 11.6 Å². The van der Waals surface area contributed by atoms with Crippen LogP contribution in [0.15, 0.2) is 29.4 Å². The summed E-state index contributed by atoms with van der Waals surface area (Å²) >= 11 is 0. The zero-order valence-corrected chi connectivity index (χ0v) is 11.3. The van der Waals surface area contributed by atoms with Crippen LogP contribution >= 0.6 is 0 Å². The molecule has 0 saturated carbocycles. The molecule has 0 saturated heterocycles. The SMILES string of the molecule is COc1cccc(C(=O)N(C)CC(C)/C(N)=N/O)c1. The van der Waals surface area contributed by atoms with E-state index in [1.54, 1.807) is 45.3 Å². The molecule has 104 valence electrons. The highest BCUT2D eigenvalue weighted by Crippen LogP contribution is 2.14. The molecule has 0 aliphatic rings. The molecule has 0 fully saturated rings. The summed E-state index contributed by atoms with van der Waals surface area (Å²) in [7, 11) is 3.22. The van der Waals surface area contributed by atoms with Gasteiger partial charge in [0.2, 0.25) is 0 Å². The number of ether oxygens (including phenoxy) is 1. The Morgan fingerprint density at radius 2 is 2.26 bits per heavy atom. The summed E-state index contributed by atoms with van der Waals surface area (Å²) in [6.07, 6.45) is 0. The molecule has 0 bridgehead atoms. The summed E-state index contributed by atoms with van der Waals surface area (Å²) in [5, 5.41) is 11.5. The number of nitrogens with zero attached hydrogens (tertiary/aromatic N) is 2. The number of hydrogen-bond donors (Lipinski definition) is 2. The molecule has 19 heavy (non-hydrogen) atoms. The molecule has 1 amide bonds. The standard InChI is InChI=1S/C13H19N3O3/c1-9(12(14)15-18)8-16(2)13(17)10-5-4-6-11(7-10)19-3/h4-7,9,18H,8H2,1-3H3,(H2,14,15). The van der Waals surface area contributed by atoms with E-state index in [9.17, 15) is 4.79 Å². The zero-order chi connectivity index (χ0) is 14.4. The van der Waals surface area contributed by atoms with Crippen molar-refractivity contribution in [3.63, 3.8) is 0 Å². The second-order valence-corrected chi connectivity index (χ2v) is 4.34. The van der Waals surface area contributed by atoms with Gasteiger partial charge in [-0.15, -0.1) is 0 Å². The number of carbonyl (C=O) groups excluding carboxylic acids is 1. The van der Waals surface area contributed by atoms with Crippen LogP contribution in [0.2, 0.25) is 0 Å². The molecule has 0 spiro atoms. The number of nitrogens with two attached hydrogens (primary N) is 1. The second-order valence-electron chi connectivity index (χ2n) is 4.34. The first-order chi connectivity index (χ1) is 8.99. The van der Waals surface area contributed by atoms with E-state index < -0.39 is 0 Å². The number of benzene rings is 1. The highest BCUT2D eigenvalue weighted by atomic mass is 16.5. The van der Waals surface area contributed by atoms with E-state index in [4.69, 9.17) is 15.7 Å². The van der Waals surface area contributed by atoms with Gasteiger partial charge in [0, 0.05) is 25.1 Å². The Morgan fingerprint density at radius 3 is 2.84 bits per heavy atom. The number of methoxy groups -OCH3 is 1. The summed E-state index contributed by atoms with van der Waals surface area (Å²) in [6, 6.07) is 6.92. The molecule has 6 heteroatoms. The molecule has 1 unspecified atom stereocenters. The highest BCUT2D eigenvalue weighted by Gasteiger charge is 2.17. The van der Waals surface area contributed by atoms with Crippen molar-refractivity contribution in [3.05, 3.63) is 29.8 Å². The highest BCUT2D eigenvalue weighted by molar-refractivity contribution is 5.94. The normalized spacial score (nSPS) is 12.9. The summed E-state index contributed by atoms with van der Waals surface area (Å²) in [6.45, 7) is 2.15. The van der Waals surface area contributed by atoms with E-state index in [1.165, 1.54) is 4.90 Å². The van der Waals surface area contributed by atoms with Crippen molar-refractivity contribution in [1.29, 1.82) is 0 Å². The number of amidine groups is 1. The van der Waals surface area contributed by atoms with Gasteiger partial charge in [0.25, 0.3) is 5.91 Å². The predicted molar refractivity (Wildman–Crippen MR) is 72.5 cm³/mol. The van der Waals surface area contributed by atoms with Crippen molar-refractivity contribution in [2.75, 3.05) is 20.7 Å². The second kappa shape index (κ2) is 6.63. The zero-order valence-electron chi connectivity index (χ0n) is 11.3. The maximum Gasteiger partial charge on any atom is 0.253 e. The molecule has 1 rings (SSSR count). The van der Waals surface area contributed by atoms with Gasteiger partial charge in [-0.2, -0.15) is 0 Å². The van der Waals surface area contributed by atoms with Crippen LogP contribution in [0.25, 0.3) is 0 Å². The lowest BCUT2D eigenvalue weighted by Gasteiger charge is -2.21. The fraction of sp³-hybridized carbons (Fsp3) is 0.385. The van der Waals surface area contributed by atoms with Gasteiger partial charge in [-0.3, -0.25) is 4.79 Å². The molecular formula is C13H19N3O3. The molecule has 0 heterocycles. The first kappa shape index (κ1) is 14.8. The van der Waals surface area contributed by atoms with Crippen LogP contribution in [0.4, 0.5) is 0 Å². The summed E-state index contributed by atoms with van der Waals surface area (Å²) in [4.78, 5) is 13.7. The average molecular weight is 265 g/mol. The Balaban J connectivity index is 2.76.